The first-order valence-corrected chi connectivity index (χ1v) is 8.80. The molecule has 1 saturated heterocycles. The van der Waals surface area contributed by atoms with Crippen molar-refractivity contribution in [1.29, 1.82) is 0 Å². The molecule has 8 heteroatoms. The molecule has 27 heavy (non-hydrogen) atoms. The molecule has 0 radical (unpaired) electrons. The van der Waals surface area contributed by atoms with Gasteiger partial charge in [0.05, 0.1) is 19.6 Å². The molecule has 3 aromatic rings. The summed E-state index contributed by atoms with van der Waals surface area (Å²) in [6.07, 6.45) is 1.45. The number of benzene rings is 2. The zero-order valence-electron chi connectivity index (χ0n) is 14.3. The minimum Gasteiger partial charge on any atom is -0.487 e. The van der Waals surface area contributed by atoms with Crippen LogP contribution >= 0.6 is 11.6 Å². The Balaban J connectivity index is 1.36. The van der Waals surface area contributed by atoms with Crippen molar-refractivity contribution in [3.05, 3.63) is 81.7 Å². The third-order valence-corrected chi connectivity index (χ3v) is 4.52. The third-order valence-electron chi connectivity index (χ3n) is 4.27. The summed E-state index contributed by atoms with van der Waals surface area (Å²) >= 11 is 5.87. The lowest BCUT2D eigenvalue weighted by Crippen LogP contribution is -2.55. The smallest absolute Gasteiger partial charge is 0.352 e. The van der Waals surface area contributed by atoms with E-state index in [2.05, 4.69) is 9.97 Å². The quantitative estimate of drug-likeness (QED) is 0.674. The van der Waals surface area contributed by atoms with E-state index in [4.69, 9.17) is 16.3 Å². The van der Waals surface area contributed by atoms with Gasteiger partial charge in [0.1, 0.15) is 24.0 Å². The summed E-state index contributed by atoms with van der Waals surface area (Å²) in [5.41, 5.74) is 0.576. The Morgan fingerprint density at radius 3 is 2.48 bits per heavy atom. The van der Waals surface area contributed by atoms with Crippen molar-refractivity contribution in [1.82, 2.24) is 14.5 Å². The van der Waals surface area contributed by atoms with Crippen LogP contribution in [0.1, 0.15) is 5.56 Å². The highest BCUT2D eigenvalue weighted by atomic mass is 35.5. The predicted molar refractivity (Wildman–Crippen MR) is 99.9 cm³/mol. The Morgan fingerprint density at radius 2 is 1.81 bits per heavy atom. The lowest BCUT2D eigenvalue weighted by molar-refractivity contribution is 0.165. The van der Waals surface area contributed by atoms with Crippen LogP contribution in [0.4, 0.5) is 10.3 Å². The summed E-state index contributed by atoms with van der Waals surface area (Å²) in [6, 6.07) is 13.2. The van der Waals surface area contributed by atoms with Gasteiger partial charge in [0.2, 0.25) is 5.95 Å². The lowest BCUT2D eigenvalue weighted by atomic mass is 10.2. The fourth-order valence-electron chi connectivity index (χ4n) is 2.78. The predicted octanol–water partition coefficient (Wildman–Crippen LogP) is 2.75. The highest BCUT2D eigenvalue weighted by molar-refractivity contribution is 6.30. The number of halogens is 2. The van der Waals surface area contributed by atoms with Gasteiger partial charge in [-0.1, -0.05) is 23.7 Å². The number of ether oxygens (including phenoxy) is 1. The van der Waals surface area contributed by atoms with E-state index in [1.165, 1.54) is 23.0 Å². The molecule has 0 aliphatic carbocycles. The Kier molecular flexibility index (Phi) is 4.77. The van der Waals surface area contributed by atoms with E-state index in [1.54, 1.807) is 24.3 Å². The van der Waals surface area contributed by atoms with E-state index < -0.39 is 0 Å². The minimum absolute atomic E-state index is 0.0458. The summed E-state index contributed by atoms with van der Waals surface area (Å²) < 4.78 is 20.1. The van der Waals surface area contributed by atoms with Gasteiger partial charge in [-0.25, -0.2) is 14.2 Å². The maximum atomic E-state index is 12.9. The molecule has 6 nitrogen and oxygen atoms in total. The van der Waals surface area contributed by atoms with Crippen LogP contribution in [0.5, 0.6) is 5.75 Å². The maximum Gasteiger partial charge on any atom is 0.352 e. The summed E-state index contributed by atoms with van der Waals surface area (Å²) in [4.78, 5) is 22.4. The molecular weight excluding hydrogens is 371 g/mol. The van der Waals surface area contributed by atoms with E-state index in [0.29, 0.717) is 36.4 Å². The topological polar surface area (TPSA) is 60.3 Å². The number of hydrogen-bond acceptors (Lipinski definition) is 5. The number of rotatable bonds is 5. The van der Waals surface area contributed by atoms with E-state index in [-0.39, 0.29) is 17.6 Å². The molecule has 1 fully saturated rings. The van der Waals surface area contributed by atoms with Crippen molar-refractivity contribution < 1.29 is 9.13 Å². The van der Waals surface area contributed by atoms with Crippen LogP contribution in [0.2, 0.25) is 5.02 Å². The van der Waals surface area contributed by atoms with Crippen molar-refractivity contribution in [3.8, 4) is 5.75 Å². The number of nitrogens with zero attached hydrogens (tertiary/aromatic N) is 4. The molecule has 0 amide bonds. The zero-order valence-corrected chi connectivity index (χ0v) is 15.0. The van der Waals surface area contributed by atoms with Crippen LogP contribution in [0.3, 0.4) is 0 Å². The molecule has 2 aromatic carbocycles. The Morgan fingerprint density at radius 1 is 1.11 bits per heavy atom. The number of aromatic nitrogens is 3. The molecule has 0 saturated carbocycles. The van der Waals surface area contributed by atoms with Gasteiger partial charge in [-0.15, -0.1) is 0 Å². The van der Waals surface area contributed by atoms with Crippen molar-refractivity contribution in [2.75, 3.05) is 18.0 Å². The van der Waals surface area contributed by atoms with Crippen molar-refractivity contribution in [3.63, 3.8) is 0 Å². The second kappa shape index (κ2) is 7.36. The zero-order chi connectivity index (χ0) is 18.8. The van der Waals surface area contributed by atoms with E-state index in [9.17, 15) is 9.18 Å². The maximum absolute atomic E-state index is 12.9. The molecule has 1 aliphatic rings. The first-order chi connectivity index (χ1) is 13.1. The molecule has 0 spiro atoms. The van der Waals surface area contributed by atoms with Crippen LogP contribution in [0, 0.1) is 5.82 Å². The van der Waals surface area contributed by atoms with Crippen molar-refractivity contribution in [2.24, 2.45) is 0 Å². The number of anilines is 1. The molecule has 1 aromatic heterocycles. The fourth-order valence-corrected chi connectivity index (χ4v) is 2.90. The van der Waals surface area contributed by atoms with E-state index in [1.807, 2.05) is 17.0 Å². The molecule has 0 atom stereocenters. The Hall–Kier alpha value is -2.93. The minimum atomic E-state index is -0.363. The fraction of sp³-hybridized carbons (Fsp3) is 0.211. The molecular formula is C19H16ClFN4O2. The monoisotopic (exact) mass is 386 g/mol. The van der Waals surface area contributed by atoms with Crippen LogP contribution in [0.15, 0.2) is 59.7 Å². The van der Waals surface area contributed by atoms with Crippen LogP contribution < -0.4 is 15.3 Å². The van der Waals surface area contributed by atoms with Gasteiger partial charge in [-0.3, -0.25) is 4.57 Å². The first kappa shape index (κ1) is 17.5. The van der Waals surface area contributed by atoms with E-state index in [0.717, 1.165) is 5.56 Å². The second-order valence-corrected chi connectivity index (χ2v) is 6.73. The summed E-state index contributed by atoms with van der Waals surface area (Å²) in [5.74, 6) is 0.691. The van der Waals surface area contributed by atoms with Crippen LogP contribution in [-0.4, -0.2) is 33.7 Å². The van der Waals surface area contributed by atoms with Crippen molar-refractivity contribution in [2.45, 2.75) is 12.6 Å². The second-order valence-electron chi connectivity index (χ2n) is 6.29. The summed E-state index contributed by atoms with van der Waals surface area (Å²) in [7, 11) is 0. The molecule has 138 valence electrons. The third kappa shape index (κ3) is 4.09. The molecule has 4 rings (SSSR count). The van der Waals surface area contributed by atoms with Gasteiger partial charge in [0.25, 0.3) is 0 Å². The molecule has 0 N–H and O–H groups in total. The lowest BCUT2D eigenvalue weighted by Gasteiger charge is -2.38. The van der Waals surface area contributed by atoms with Crippen LogP contribution in [-0.2, 0) is 6.54 Å². The van der Waals surface area contributed by atoms with Gasteiger partial charge in [0, 0.05) is 5.02 Å². The average Bonchev–Trinajstić information content (AvgIpc) is 2.63. The van der Waals surface area contributed by atoms with Gasteiger partial charge in [0.15, 0.2) is 0 Å². The standard InChI is InChI=1S/C19H16ClFN4O2/c20-14-3-1-13(2-4-14)9-25-12-22-18(23-19(25)26)24-10-17(11-24)27-16-7-5-15(21)6-8-16/h1-8,12,17H,9-11H2. The van der Waals surface area contributed by atoms with Crippen LogP contribution in [0.25, 0.3) is 0 Å². The summed E-state index contributed by atoms with van der Waals surface area (Å²) in [5, 5.41) is 0.646. The molecule has 1 aliphatic heterocycles. The first-order valence-electron chi connectivity index (χ1n) is 8.42. The van der Waals surface area contributed by atoms with Gasteiger partial charge in [-0.2, -0.15) is 4.98 Å². The highest BCUT2D eigenvalue weighted by Crippen LogP contribution is 2.21. The van der Waals surface area contributed by atoms with Gasteiger partial charge < -0.3 is 9.64 Å². The largest absolute Gasteiger partial charge is 0.487 e. The molecule has 2 heterocycles. The van der Waals surface area contributed by atoms with Crippen molar-refractivity contribution >= 4 is 17.5 Å². The highest BCUT2D eigenvalue weighted by Gasteiger charge is 2.30. The molecule has 0 unspecified atom stereocenters. The average molecular weight is 387 g/mol. The van der Waals surface area contributed by atoms with Gasteiger partial charge >= 0.3 is 5.69 Å². The Bertz CT molecular complexity index is 986. The van der Waals surface area contributed by atoms with E-state index >= 15 is 0 Å². The normalized spacial score (nSPS) is 14.1. The SMILES string of the molecule is O=c1nc(N2CC(Oc3ccc(F)cc3)C2)ncn1Cc1ccc(Cl)cc1. The number of hydrogen-bond donors (Lipinski definition) is 0. The van der Waals surface area contributed by atoms with Gasteiger partial charge in [-0.05, 0) is 42.0 Å². The molecule has 0 bridgehead atoms. The summed E-state index contributed by atoms with van der Waals surface area (Å²) in [6.45, 7) is 1.52. The Labute approximate surface area is 159 Å².